The van der Waals surface area contributed by atoms with Crippen LogP contribution in [0.25, 0.3) is 0 Å². The van der Waals surface area contributed by atoms with Gasteiger partial charge in [-0.25, -0.2) is 21.9 Å². The van der Waals surface area contributed by atoms with Crippen LogP contribution in [0.1, 0.15) is 5.56 Å². The van der Waals surface area contributed by atoms with Crippen molar-refractivity contribution in [3.05, 3.63) is 58.3 Å². The summed E-state index contributed by atoms with van der Waals surface area (Å²) in [5.74, 6) is -2.02. The lowest BCUT2D eigenvalue weighted by molar-refractivity contribution is 0.540. The summed E-state index contributed by atoms with van der Waals surface area (Å²) < 4.78 is 52.7. The molecule has 0 unspecified atom stereocenters. The Morgan fingerprint density at radius 3 is 2.65 bits per heavy atom. The van der Waals surface area contributed by atoms with E-state index in [2.05, 4.69) is 25.6 Å². The van der Waals surface area contributed by atoms with E-state index in [1.54, 1.807) is 18.3 Å². The van der Waals surface area contributed by atoms with E-state index < -0.39 is 26.6 Å². The molecular formula is C12H9BrF2N2O2S. The van der Waals surface area contributed by atoms with Gasteiger partial charge in [0.1, 0.15) is 16.5 Å². The number of pyridine rings is 1. The zero-order chi connectivity index (χ0) is 14.8. The Morgan fingerprint density at radius 1 is 1.30 bits per heavy atom. The summed E-state index contributed by atoms with van der Waals surface area (Å²) >= 11 is 2.85. The van der Waals surface area contributed by atoms with Gasteiger partial charge in [-0.2, -0.15) is 0 Å². The molecule has 0 radical (unpaired) electrons. The fraction of sp³-hybridized carbons (Fsp3) is 0.0833. The van der Waals surface area contributed by atoms with Gasteiger partial charge in [0.15, 0.2) is 0 Å². The van der Waals surface area contributed by atoms with Gasteiger partial charge in [-0.15, -0.1) is 0 Å². The van der Waals surface area contributed by atoms with Crippen molar-refractivity contribution in [3.8, 4) is 0 Å². The van der Waals surface area contributed by atoms with Crippen molar-refractivity contribution in [2.45, 2.75) is 11.4 Å². The van der Waals surface area contributed by atoms with Gasteiger partial charge in [0, 0.05) is 29.5 Å². The van der Waals surface area contributed by atoms with Gasteiger partial charge >= 0.3 is 0 Å². The second kappa shape index (κ2) is 5.94. The van der Waals surface area contributed by atoms with Crippen LogP contribution in [0.2, 0.25) is 0 Å². The first kappa shape index (κ1) is 15.0. The fourth-order valence-electron chi connectivity index (χ4n) is 1.54. The minimum absolute atomic E-state index is 0.0422. The molecule has 1 heterocycles. The smallest absolute Gasteiger partial charge is 0.244 e. The molecule has 0 aliphatic rings. The minimum atomic E-state index is -4.10. The molecule has 8 heteroatoms. The van der Waals surface area contributed by atoms with Crippen LogP contribution in [0.5, 0.6) is 0 Å². The topological polar surface area (TPSA) is 59.1 Å². The molecule has 0 bridgehead atoms. The third-order valence-electron chi connectivity index (χ3n) is 2.42. The maximum Gasteiger partial charge on any atom is 0.244 e. The first-order valence-corrected chi connectivity index (χ1v) is 7.71. The summed E-state index contributed by atoms with van der Waals surface area (Å²) in [6.07, 6.45) is 3.03. The molecule has 1 N–H and O–H groups in total. The highest BCUT2D eigenvalue weighted by atomic mass is 79.9. The lowest BCUT2D eigenvalue weighted by Crippen LogP contribution is -2.24. The highest BCUT2D eigenvalue weighted by Crippen LogP contribution is 2.26. The largest absolute Gasteiger partial charge is 0.264 e. The number of rotatable bonds is 4. The number of halogens is 3. The fourth-order valence-corrected chi connectivity index (χ4v) is 3.72. The molecule has 1 aromatic heterocycles. The molecule has 0 amide bonds. The molecule has 106 valence electrons. The van der Waals surface area contributed by atoms with E-state index in [-0.39, 0.29) is 11.0 Å². The normalized spacial score (nSPS) is 11.6. The van der Waals surface area contributed by atoms with Crippen molar-refractivity contribution >= 4 is 26.0 Å². The average Bonchev–Trinajstić information content (AvgIpc) is 2.36. The first-order valence-electron chi connectivity index (χ1n) is 5.43. The molecule has 0 fully saturated rings. The van der Waals surface area contributed by atoms with Crippen LogP contribution < -0.4 is 4.72 Å². The number of benzene rings is 1. The van der Waals surface area contributed by atoms with E-state index in [9.17, 15) is 17.2 Å². The summed E-state index contributed by atoms with van der Waals surface area (Å²) in [6.45, 7) is -0.0422. The molecule has 1 aromatic carbocycles. The SMILES string of the molecule is O=S(=O)(NCc1cccnc1)c1c(F)cc(F)cc1Br. The standard InChI is InChI=1S/C12H9BrF2N2O2S/c13-10-4-9(14)5-11(15)12(10)20(18,19)17-7-8-2-1-3-16-6-8/h1-6,17H,7H2. The number of hydrogen-bond acceptors (Lipinski definition) is 3. The molecule has 0 atom stereocenters. The Bertz CT molecular complexity index is 700. The van der Waals surface area contributed by atoms with Crippen LogP contribution in [-0.4, -0.2) is 13.4 Å². The van der Waals surface area contributed by atoms with E-state index in [1.807, 2.05) is 0 Å². The molecule has 2 aromatic rings. The highest BCUT2D eigenvalue weighted by molar-refractivity contribution is 9.10. The number of sulfonamides is 1. The molecule has 0 spiro atoms. The Hall–Kier alpha value is -1.38. The van der Waals surface area contributed by atoms with Gasteiger partial charge in [-0.1, -0.05) is 6.07 Å². The second-order valence-electron chi connectivity index (χ2n) is 3.88. The van der Waals surface area contributed by atoms with Gasteiger partial charge in [0.05, 0.1) is 0 Å². The van der Waals surface area contributed by atoms with E-state index in [0.29, 0.717) is 11.6 Å². The first-order chi connectivity index (χ1) is 9.40. The van der Waals surface area contributed by atoms with E-state index >= 15 is 0 Å². The van der Waals surface area contributed by atoms with Crippen molar-refractivity contribution in [1.82, 2.24) is 9.71 Å². The Balaban J connectivity index is 2.28. The maximum absolute atomic E-state index is 13.6. The van der Waals surface area contributed by atoms with Crippen molar-refractivity contribution in [1.29, 1.82) is 0 Å². The third-order valence-corrected chi connectivity index (χ3v) is 4.79. The molecule has 0 aliphatic heterocycles. The molecule has 0 saturated carbocycles. The Kier molecular flexibility index (Phi) is 4.46. The third kappa shape index (κ3) is 3.38. The van der Waals surface area contributed by atoms with Gasteiger partial charge in [0.2, 0.25) is 10.0 Å². The van der Waals surface area contributed by atoms with Crippen LogP contribution >= 0.6 is 15.9 Å². The Labute approximate surface area is 123 Å². The van der Waals surface area contributed by atoms with Crippen molar-refractivity contribution in [2.75, 3.05) is 0 Å². The number of nitrogens with one attached hydrogen (secondary N) is 1. The van der Waals surface area contributed by atoms with Crippen LogP contribution in [0.4, 0.5) is 8.78 Å². The molecule has 0 saturated heterocycles. The van der Waals surface area contributed by atoms with Crippen LogP contribution in [0.15, 0.2) is 46.0 Å². The quantitative estimate of drug-likeness (QED) is 0.909. The molecule has 4 nitrogen and oxygen atoms in total. The lowest BCUT2D eigenvalue weighted by atomic mass is 10.3. The monoisotopic (exact) mass is 362 g/mol. The second-order valence-corrected chi connectivity index (χ2v) is 6.44. The molecular weight excluding hydrogens is 354 g/mol. The van der Waals surface area contributed by atoms with Crippen LogP contribution in [0, 0.1) is 11.6 Å². The van der Waals surface area contributed by atoms with Crippen molar-refractivity contribution in [2.24, 2.45) is 0 Å². The number of hydrogen-bond donors (Lipinski definition) is 1. The molecule has 20 heavy (non-hydrogen) atoms. The predicted octanol–water partition coefficient (Wildman–Crippen LogP) is 2.60. The predicted molar refractivity (Wildman–Crippen MR) is 72.3 cm³/mol. The maximum atomic E-state index is 13.6. The molecule has 0 aliphatic carbocycles. The van der Waals surface area contributed by atoms with Gasteiger partial charge in [0.25, 0.3) is 0 Å². The zero-order valence-corrected chi connectivity index (χ0v) is 12.4. The van der Waals surface area contributed by atoms with Crippen LogP contribution in [-0.2, 0) is 16.6 Å². The summed E-state index contributed by atoms with van der Waals surface area (Å²) in [6, 6.07) is 4.73. The van der Waals surface area contributed by atoms with Gasteiger partial charge in [-0.3, -0.25) is 4.98 Å². The number of aromatic nitrogens is 1. The van der Waals surface area contributed by atoms with Crippen molar-refractivity contribution in [3.63, 3.8) is 0 Å². The summed E-state index contributed by atoms with van der Waals surface area (Å²) in [7, 11) is -4.10. The highest BCUT2D eigenvalue weighted by Gasteiger charge is 2.23. The molecule has 2 rings (SSSR count). The van der Waals surface area contributed by atoms with E-state index in [0.717, 1.165) is 6.07 Å². The van der Waals surface area contributed by atoms with E-state index in [4.69, 9.17) is 0 Å². The van der Waals surface area contributed by atoms with Crippen molar-refractivity contribution < 1.29 is 17.2 Å². The van der Waals surface area contributed by atoms with Crippen LogP contribution in [0.3, 0.4) is 0 Å². The lowest BCUT2D eigenvalue weighted by Gasteiger charge is -2.09. The summed E-state index contributed by atoms with van der Waals surface area (Å²) in [5, 5.41) is 0. The average molecular weight is 363 g/mol. The summed E-state index contributed by atoms with van der Waals surface area (Å²) in [5.41, 5.74) is 0.620. The minimum Gasteiger partial charge on any atom is -0.264 e. The van der Waals surface area contributed by atoms with E-state index in [1.165, 1.54) is 6.20 Å². The zero-order valence-electron chi connectivity index (χ0n) is 9.98. The van der Waals surface area contributed by atoms with Gasteiger partial charge < -0.3 is 0 Å². The van der Waals surface area contributed by atoms with Gasteiger partial charge in [-0.05, 0) is 33.6 Å². The number of nitrogens with zero attached hydrogens (tertiary/aromatic N) is 1. The Morgan fingerprint density at radius 2 is 2.05 bits per heavy atom. The summed E-state index contributed by atoms with van der Waals surface area (Å²) in [4.78, 5) is 3.21.